The second-order valence-electron chi connectivity index (χ2n) is 9.58. The lowest BCUT2D eigenvalue weighted by Gasteiger charge is -2.43. The monoisotopic (exact) mass is 431 g/mol. The molecular weight excluding hydrogens is 402 g/mol. The molecule has 1 unspecified atom stereocenters. The van der Waals surface area contributed by atoms with E-state index in [0.29, 0.717) is 41.8 Å². The lowest BCUT2D eigenvalue weighted by molar-refractivity contribution is 0.0280. The molecule has 0 bridgehead atoms. The number of likely N-dealkylation sites (N-methyl/N-ethyl adjacent to an activating group) is 1. The van der Waals surface area contributed by atoms with E-state index < -0.39 is 5.60 Å². The van der Waals surface area contributed by atoms with Crippen LogP contribution < -0.4 is 9.80 Å². The molecule has 0 aliphatic carbocycles. The fraction of sp³-hybridized carbons (Fsp3) is 0.440. The quantitative estimate of drug-likeness (QED) is 0.678. The van der Waals surface area contributed by atoms with Crippen molar-refractivity contribution < 1.29 is 9.52 Å². The average Bonchev–Trinajstić information content (AvgIpc) is 3.39. The molecule has 2 saturated heterocycles. The van der Waals surface area contributed by atoms with Crippen LogP contribution >= 0.6 is 0 Å². The molecule has 2 aromatic carbocycles. The topological polar surface area (TPSA) is 79.8 Å². The van der Waals surface area contributed by atoms with Gasteiger partial charge in [-0.25, -0.2) is 0 Å². The van der Waals surface area contributed by atoms with E-state index >= 15 is 0 Å². The van der Waals surface area contributed by atoms with Gasteiger partial charge in [-0.05, 0) is 45.5 Å². The fourth-order valence-corrected chi connectivity index (χ4v) is 5.04. The van der Waals surface area contributed by atoms with Crippen LogP contribution in [0.5, 0.6) is 0 Å². The van der Waals surface area contributed by atoms with Crippen LogP contribution in [0.15, 0.2) is 34.7 Å². The van der Waals surface area contributed by atoms with Gasteiger partial charge >= 0.3 is 0 Å². The normalized spacial score (nSPS) is 20.1. The van der Waals surface area contributed by atoms with Crippen LogP contribution in [0.1, 0.15) is 24.5 Å². The van der Waals surface area contributed by atoms with Gasteiger partial charge in [0, 0.05) is 24.7 Å². The molecule has 5 rings (SSSR count). The van der Waals surface area contributed by atoms with Gasteiger partial charge in [-0.3, -0.25) is 0 Å². The maximum absolute atomic E-state index is 10.2. The minimum atomic E-state index is -0.736. The zero-order valence-electron chi connectivity index (χ0n) is 19.1. The Morgan fingerprint density at radius 3 is 2.53 bits per heavy atom. The van der Waals surface area contributed by atoms with Gasteiger partial charge in [0.1, 0.15) is 11.6 Å². The van der Waals surface area contributed by atoms with Gasteiger partial charge in [0.25, 0.3) is 6.01 Å². The van der Waals surface area contributed by atoms with E-state index in [9.17, 15) is 10.4 Å². The van der Waals surface area contributed by atoms with Crippen molar-refractivity contribution in [2.45, 2.75) is 31.9 Å². The number of aromatic nitrogens is 1. The first-order valence-corrected chi connectivity index (χ1v) is 11.1. The van der Waals surface area contributed by atoms with Gasteiger partial charge in [-0.1, -0.05) is 30.3 Å². The number of nitrogens with zero attached hydrogens (tertiary/aromatic N) is 5. The maximum atomic E-state index is 10.2. The highest BCUT2D eigenvalue weighted by atomic mass is 16.4. The van der Waals surface area contributed by atoms with Gasteiger partial charge in [0.15, 0.2) is 5.58 Å². The highest BCUT2D eigenvalue weighted by Gasteiger charge is 2.40. The van der Waals surface area contributed by atoms with E-state index in [1.54, 1.807) is 0 Å². The minimum absolute atomic E-state index is 0.456. The summed E-state index contributed by atoms with van der Waals surface area (Å²) >= 11 is 0. The third kappa shape index (κ3) is 3.31. The molecule has 0 spiro atoms. The number of oxazole rings is 1. The standard InChI is InChI=1S/C25H29N5O2/c1-16-19(12-26)21-23(32-24(27-21)30-14-25(2,31)15-30)22(20(16)17-8-6-5-7-9-17)29-11-10-18(13-29)28(3)4/h5-9,18,31H,10-11,13-15H2,1-4H3. The van der Waals surface area contributed by atoms with Gasteiger partial charge in [0.2, 0.25) is 0 Å². The summed E-state index contributed by atoms with van der Waals surface area (Å²) in [7, 11) is 4.24. The molecule has 1 aromatic heterocycles. The first-order chi connectivity index (χ1) is 15.3. The summed E-state index contributed by atoms with van der Waals surface area (Å²) in [4.78, 5) is 11.3. The molecule has 7 nitrogen and oxygen atoms in total. The first-order valence-electron chi connectivity index (χ1n) is 11.1. The predicted octanol–water partition coefficient (Wildman–Crippen LogP) is 3.39. The lowest BCUT2D eigenvalue weighted by atomic mass is 9.93. The van der Waals surface area contributed by atoms with Crippen molar-refractivity contribution in [3.05, 3.63) is 41.5 Å². The van der Waals surface area contributed by atoms with E-state index in [1.165, 1.54) is 0 Å². The van der Waals surface area contributed by atoms with Crippen LogP contribution in [0, 0.1) is 18.3 Å². The molecule has 166 valence electrons. The summed E-state index contributed by atoms with van der Waals surface area (Å²) in [5.74, 6) is 0. The van der Waals surface area contributed by atoms with Crippen LogP contribution in [0.25, 0.3) is 22.2 Å². The number of benzene rings is 2. The Kier molecular flexibility index (Phi) is 4.88. The molecule has 7 heteroatoms. The Labute approximate surface area is 188 Å². The third-order valence-corrected chi connectivity index (χ3v) is 6.77. The molecule has 1 atom stereocenters. The fourth-order valence-electron chi connectivity index (χ4n) is 5.04. The van der Waals surface area contributed by atoms with E-state index in [2.05, 4.69) is 42.1 Å². The van der Waals surface area contributed by atoms with Crippen molar-refractivity contribution in [2.75, 3.05) is 50.1 Å². The van der Waals surface area contributed by atoms with Crippen LogP contribution in [0.2, 0.25) is 0 Å². The Morgan fingerprint density at radius 2 is 1.94 bits per heavy atom. The summed E-state index contributed by atoms with van der Waals surface area (Å²) in [5, 5.41) is 20.2. The summed E-state index contributed by atoms with van der Waals surface area (Å²) < 4.78 is 6.36. The molecule has 0 amide bonds. The molecule has 3 heterocycles. The van der Waals surface area contributed by atoms with E-state index in [4.69, 9.17) is 9.40 Å². The number of rotatable bonds is 4. The number of fused-ring (bicyclic) bond motifs is 1. The highest BCUT2D eigenvalue weighted by Crippen LogP contribution is 2.45. The first kappa shape index (κ1) is 20.8. The van der Waals surface area contributed by atoms with E-state index in [-0.39, 0.29) is 0 Å². The second kappa shape index (κ2) is 7.51. The molecule has 2 aliphatic rings. The number of β-amino-alcohol motifs (C(OH)–C–C–N with tert-alkyl or cyclic N) is 1. The summed E-state index contributed by atoms with van der Waals surface area (Å²) in [6.45, 7) is 6.55. The van der Waals surface area contributed by atoms with Gasteiger partial charge in [-0.15, -0.1) is 0 Å². The van der Waals surface area contributed by atoms with Crippen LogP contribution in [-0.2, 0) is 0 Å². The van der Waals surface area contributed by atoms with Gasteiger partial charge < -0.3 is 24.2 Å². The Morgan fingerprint density at radius 1 is 1.22 bits per heavy atom. The molecule has 2 aliphatic heterocycles. The third-order valence-electron chi connectivity index (χ3n) is 6.77. The number of hydrogen-bond donors (Lipinski definition) is 1. The lowest BCUT2D eigenvalue weighted by Crippen LogP contribution is -2.60. The van der Waals surface area contributed by atoms with Crippen molar-refractivity contribution in [2.24, 2.45) is 0 Å². The Bertz CT molecular complexity index is 1200. The van der Waals surface area contributed by atoms with E-state index in [1.807, 2.05) is 36.9 Å². The largest absolute Gasteiger partial charge is 0.421 e. The second-order valence-corrected chi connectivity index (χ2v) is 9.58. The van der Waals surface area contributed by atoms with Crippen molar-refractivity contribution in [3.63, 3.8) is 0 Å². The zero-order chi connectivity index (χ0) is 22.6. The zero-order valence-corrected chi connectivity index (χ0v) is 19.1. The molecule has 0 radical (unpaired) electrons. The molecular formula is C25H29N5O2. The van der Waals surface area contributed by atoms with Crippen molar-refractivity contribution >= 4 is 22.8 Å². The number of hydrogen-bond acceptors (Lipinski definition) is 7. The number of anilines is 2. The summed E-state index contributed by atoms with van der Waals surface area (Å²) in [6.07, 6.45) is 1.07. The van der Waals surface area contributed by atoms with Gasteiger partial charge in [-0.2, -0.15) is 10.2 Å². The number of aliphatic hydroxyl groups is 1. The van der Waals surface area contributed by atoms with Gasteiger partial charge in [0.05, 0.1) is 29.9 Å². The van der Waals surface area contributed by atoms with Crippen LogP contribution in [0.4, 0.5) is 11.7 Å². The van der Waals surface area contributed by atoms with E-state index in [0.717, 1.165) is 41.9 Å². The van der Waals surface area contributed by atoms with Crippen molar-refractivity contribution in [3.8, 4) is 17.2 Å². The van der Waals surface area contributed by atoms with Crippen molar-refractivity contribution in [1.82, 2.24) is 9.88 Å². The highest BCUT2D eigenvalue weighted by molar-refractivity contribution is 6.03. The Balaban J connectivity index is 1.74. The molecule has 2 fully saturated rings. The Hall–Kier alpha value is -3.08. The van der Waals surface area contributed by atoms with Crippen LogP contribution in [-0.4, -0.2) is 66.9 Å². The smallest absolute Gasteiger partial charge is 0.298 e. The number of nitriles is 1. The van der Waals surface area contributed by atoms with Crippen LogP contribution in [0.3, 0.4) is 0 Å². The SMILES string of the molecule is Cc1c(-c2ccccc2)c(N2CCC(N(C)C)C2)c2oc(N3CC(C)(O)C3)nc2c1C#N. The molecule has 0 saturated carbocycles. The van der Waals surface area contributed by atoms with Crippen molar-refractivity contribution in [1.29, 1.82) is 5.26 Å². The molecule has 32 heavy (non-hydrogen) atoms. The molecule has 3 aromatic rings. The molecule has 1 N–H and O–H groups in total. The average molecular weight is 432 g/mol. The minimum Gasteiger partial charge on any atom is -0.421 e. The summed E-state index contributed by atoms with van der Waals surface area (Å²) in [6, 6.07) is 13.5. The predicted molar refractivity (Wildman–Crippen MR) is 126 cm³/mol. The maximum Gasteiger partial charge on any atom is 0.298 e. The summed E-state index contributed by atoms with van der Waals surface area (Å²) in [5.41, 5.74) is 5.11.